The number of amides is 2. The van der Waals surface area contributed by atoms with E-state index in [1.54, 1.807) is 49.6 Å². The Morgan fingerprint density at radius 2 is 1.59 bits per heavy atom. The molecule has 2 aliphatic rings. The Labute approximate surface area is 214 Å². The van der Waals surface area contributed by atoms with E-state index in [-0.39, 0.29) is 6.54 Å². The Bertz CT molecular complexity index is 1360. The first-order valence-electron chi connectivity index (χ1n) is 12.0. The van der Waals surface area contributed by atoms with Crippen molar-refractivity contribution in [1.29, 1.82) is 0 Å². The first kappa shape index (κ1) is 24.5. The molecule has 3 aromatic carbocycles. The summed E-state index contributed by atoms with van der Waals surface area (Å²) in [6, 6.07) is 20.5. The van der Waals surface area contributed by atoms with Crippen LogP contribution in [0.1, 0.15) is 28.3 Å². The van der Waals surface area contributed by atoms with Crippen LogP contribution >= 0.6 is 0 Å². The zero-order valence-electron chi connectivity index (χ0n) is 20.8. The number of fused-ring (bicyclic) bond motifs is 1. The monoisotopic (exact) mass is 500 g/mol. The number of rotatable bonds is 7. The zero-order valence-corrected chi connectivity index (χ0v) is 20.8. The highest BCUT2D eigenvalue weighted by Crippen LogP contribution is 2.55. The summed E-state index contributed by atoms with van der Waals surface area (Å²) >= 11 is 0. The molecule has 8 heteroatoms. The van der Waals surface area contributed by atoms with Crippen LogP contribution in [0.2, 0.25) is 0 Å². The van der Waals surface area contributed by atoms with E-state index in [9.17, 15) is 19.5 Å². The highest BCUT2D eigenvalue weighted by atomic mass is 16.5. The van der Waals surface area contributed by atoms with Gasteiger partial charge in [0.15, 0.2) is 5.54 Å². The van der Waals surface area contributed by atoms with E-state index < -0.39 is 41.2 Å². The highest BCUT2D eigenvalue weighted by Gasteiger charge is 2.69. The van der Waals surface area contributed by atoms with Gasteiger partial charge in [-0.2, -0.15) is 0 Å². The van der Waals surface area contributed by atoms with Gasteiger partial charge in [-0.25, -0.2) is 4.79 Å². The number of nitrogens with zero attached hydrogens (tertiary/aromatic N) is 1. The van der Waals surface area contributed by atoms with E-state index in [4.69, 9.17) is 9.47 Å². The average Bonchev–Trinajstić information content (AvgIpc) is 3.40. The molecule has 2 N–H and O–H groups in total. The summed E-state index contributed by atoms with van der Waals surface area (Å²) < 4.78 is 11.2. The number of benzene rings is 3. The molecule has 4 unspecified atom stereocenters. The molecule has 0 aromatic heterocycles. The number of imide groups is 1. The van der Waals surface area contributed by atoms with E-state index in [1.165, 1.54) is 12.0 Å². The number of hydrogen-bond donors (Lipinski definition) is 2. The third kappa shape index (κ3) is 3.67. The first-order valence-corrected chi connectivity index (χ1v) is 12.0. The fourth-order valence-corrected chi connectivity index (χ4v) is 5.87. The van der Waals surface area contributed by atoms with E-state index in [0.717, 1.165) is 5.56 Å². The van der Waals surface area contributed by atoms with Crippen molar-refractivity contribution in [3.05, 3.63) is 95.1 Å². The molecule has 4 atom stereocenters. The van der Waals surface area contributed by atoms with Gasteiger partial charge in [-0.05, 0) is 24.1 Å². The summed E-state index contributed by atoms with van der Waals surface area (Å²) in [4.78, 5) is 42.2. The largest absolute Gasteiger partial charge is 0.496 e. The van der Waals surface area contributed by atoms with Crippen LogP contribution in [0.4, 0.5) is 0 Å². The van der Waals surface area contributed by atoms with Gasteiger partial charge < -0.3 is 14.6 Å². The van der Waals surface area contributed by atoms with E-state index in [0.29, 0.717) is 28.2 Å². The standard InChI is InChI=1S/C29H28N2O6/c1-17-21(36-2)15-14-20(25(17)37-3)24-22-23(29(30-24,28(34)35)19-12-8-5-9-13-19)27(33)31(26(22)32)16-18-10-6-4-7-11-18/h4-15,22-24,30H,16H2,1-3H3,(H,34,35). The molecule has 3 aromatic rings. The maximum Gasteiger partial charge on any atom is 0.329 e. The number of carboxylic acid groups (broad SMARTS) is 1. The third-order valence-electron chi connectivity index (χ3n) is 7.55. The highest BCUT2D eigenvalue weighted by molar-refractivity contribution is 6.09. The molecular formula is C29H28N2O6. The van der Waals surface area contributed by atoms with Gasteiger partial charge >= 0.3 is 5.97 Å². The summed E-state index contributed by atoms with van der Waals surface area (Å²) in [6.07, 6.45) is 0. The van der Waals surface area contributed by atoms with Crippen LogP contribution in [0.25, 0.3) is 0 Å². The van der Waals surface area contributed by atoms with Gasteiger partial charge in [-0.15, -0.1) is 0 Å². The van der Waals surface area contributed by atoms with Crippen LogP contribution in [-0.2, 0) is 26.5 Å². The second-order valence-corrected chi connectivity index (χ2v) is 9.37. The predicted octanol–water partition coefficient (Wildman–Crippen LogP) is 3.44. The molecule has 5 rings (SSSR count). The van der Waals surface area contributed by atoms with Gasteiger partial charge in [0, 0.05) is 17.2 Å². The Hall–Kier alpha value is -4.17. The second-order valence-electron chi connectivity index (χ2n) is 9.37. The Morgan fingerprint density at radius 3 is 2.19 bits per heavy atom. The quantitative estimate of drug-likeness (QED) is 0.479. The molecule has 2 aliphatic heterocycles. The van der Waals surface area contributed by atoms with E-state index in [2.05, 4.69) is 5.32 Å². The number of nitrogens with one attached hydrogen (secondary N) is 1. The Morgan fingerprint density at radius 1 is 0.946 bits per heavy atom. The Kier molecular flexibility index (Phi) is 6.21. The van der Waals surface area contributed by atoms with Gasteiger partial charge in [0.05, 0.1) is 32.6 Å². The van der Waals surface area contributed by atoms with Crippen molar-refractivity contribution in [1.82, 2.24) is 10.2 Å². The minimum atomic E-state index is -1.81. The van der Waals surface area contributed by atoms with Crippen molar-refractivity contribution in [2.24, 2.45) is 11.8 Å². The summed E-state index contributed by atoms with van der Waals surface area (Å²) in [5, 5.41) is 13.9. The SMILES string of the molecule is COc1ccc(C2NC(C(=O)O)(c3ccccc3)C3C(=O)N(Cc4ccccc4)C(=O)C23)c(OC)c1C. The van der Waals surface area contributed by atoms with Crippen molar-refractivity contribution >= 4 is 17.8 Å². The lowest BCUT2D eigenvalue weighted by molar-refractivity contribution is -0.152. The number of methoxy groups -OCH3 is 2. The molecule has 0 radical (unpaired) electrons. The molecule has 2 saturated heterocycles. The molecule has 0 saturated carbocycles. The van der Waals surface area contributed by atoms with E-state index >= 15 is 0 Å². The van der Waals surface area contributed by atoms with Crippen molar-refractivity contribution in [3.8, 4) is 11.5 Å². The smallest absolute Gasteiger partial charge is 0.329 e. The minimum Gasteiger partial charge on any atom is -0.496 e. The summed E-state index contributed by atoms with van der Waals surface area (Å²) in [5.41, 5.74) is 0.691. The topological polar surface area (TPSA) is 105 Å². The normalized spacial score (nSPS) is 24.7. The summed E-state index contributed by atoms with van der Waals surface area (Å²) in [7, 11) is 3.07. The third-order valence-corrected chi connectivity index (χ3v) is 7.55. The lowest BCUT2D eigenvalue weighted by Crippen LogP contribution is -2.53. The molecule has 0 bridgehead atoms. The summed E-state index contributed by atoms with van der Waals surface area (Å²) in [6.45, 7) is 1.90. The van der Waals surface area contributed by atoms with Gasteiger partial charge in [-0.1, -0.05) is 66.7 Å². The molecular weight excluding hydrogens is 472 g/mol. The first-order chi connectivity index (χ1) is 17.8. The van der Waals surface area contributed by atoms with Crippen LogP contribution in [-0.4, -0.2) is 42.0 Å². The number of carboxylic acids is 1. The van der Waals surface area contributed by atoms with E-state index in [1.807, 2.05) is 37.3 Å². The van der Waals surface area contributed by atoms with Crippen LogP contribution in [0.15, 0.2) is 72.8 Å². The molecule has 8 nitrogen and oxygen atoms in total. The summed E-state index contributed by atoms with van der Waals surface area (Å²) in [5.74, 6) is -3.16. The molecule has 2 fully saturated rings. The van der Waals surface area contributed by atoms with Gasteiger partial charge in [-0.3, -0.25) is 19.8 Å². The van der Waals surface area contributed by atoms with Crippen molar-refractivity contribution in [2.45, 2.75) is 25.0 Å². The van der Waals surface area contributed by atoms with Gasteiger partial charge in [0.1, 0.15) is 11.5 Å². The van der Waals surface area contributed by atoms with Crippen LogP contribution in [0, 0.1) is 18.8 Å². The molecule has 190 valence electrons. The second kappa shape index (κ2) is 9.37. The fourth-order valence-electron chi connectivity index (χ4n) is 5.87. The van der Waals surface area contributed by atoms with Crippen molar-refractivity contribution < 1.29 is 29.0 Å². The predicted molar refractivity (Wildman–Crippen MR) is 135 cm³/mol. The number of aliphatic carboxylic acids is 1. The van der Waals surface area contributed by atoms with Gasteiger partial charge in [0.25, 0.3) is 0 Å². The number of carbonyl (C=O) groups excluding carboxylic acids is 2. The molecule has 0 spiro atoms. The lowest BCUT2D eigenvalue weighted by Gasteiger charge is -2.32. The van der Waals surface area contributed by atoms with Crippen LogP contribution in [0.3, 0.4) is 0 Å². The van der Waals surface area contributed by atoms with Crippen LogP contribution < -0.4 is 14.8 Å². The minimum absolute atomic E-state index is 0.0709. The van der Waals surface area contributed by atoms with Crippen LogP contribution in [0.5, 0.6) is 11.5 Å². The molecule has 2 amide bonds. The number of likely N-dealkylation sites (tertiary alicyclic amines) is 1. The number of ether oxygens (including phenoxy) is 2. The van der Waals surface area contributed by atoms with Crippen molar-refractivity contribution in [2.75, 3.05) is 14.2 Å². The van der Waals surface area contributed by atoms with Gasteiger partial charge in [0.2, 0.25) is 11.8 Å². The lowest BCUT2D eigenvalue weighted by atomic mass is 9.75. The fraction of sp³-hybridized carbons (Fsp3) is 0.276. The average molecular weight is 501 g/mol. The zero-order chi connectivity index (χ0) is 26.3. The maximum absolute atomic E-state index is 13.9. The molecule has 0 aliphatic carbocycles. The maximum atomic E-state index is 13.9. The Balaban J connectivity index is 1.70. The number of carbonyl (C=O) groups is 3. The van der Waals surface area contributed by atoms with Crippen molar-refractivity contribution in [3.63, 3.8) is 0 Å². The molecule has 37 heavy (non-hydrogen) atoms. The molecule has 2 heterocycles. The number of hydrogen-bond acceptors (Lipinski definition) is 6.